The van der Waals surface area contributed by atoms with Crippen molar-refractivity contribution >= 4 is 21.9 Å². The number of ether oxygens (including phenoxy) is 2. The summed E-state index contributed by atoms with van der Waals surface area (Å²) < 4.78 is 14.0. The van der Waals surface area contributed by atoms with Crippen molar-refractivity contribution in [1.82, 2.24) is 29.9 Å². The zero-order valence-electron chi connectivity index (χ0n) is 60.4. The topological polar surface area (TPSA) is 95.8 Å². The van der Waals surface area contributed by atoms with Crippen LogP contribution in [0.2, 0.25) is 0 Å². The van der Waals surface area contributed by atoms with Crippen LogP contribution in [0.15, 0.2) is 364 Å². The van der Waals surface area contributed by atoms with Crippen molar-refractivity contribution in [3.8, 4) is 136 Å². The maximum atomic E-state index is 7.06. The molecular weight excluding hydrogens is 1350 g/mol. The Balaban J connectivity index is 0.637. The quantitative estimate of drug-likeness (QED) is 0.134. The number of aromatic nitrogens is 6. The molecule has 17 aromatic rings. The molecule has 8 heteroatoms. The maximum absolute atomic E-state index is 7.06. The molecule has 5 aliphatic rings. The zero-order chi connectivity index (χ0) is 73.3. The van der Waals surface area contributed by atoms with Crippen molar-refractivity contribution in [1.29, 1.82) is 0 Å². The Morgan fingerprint density at radius 2 is 0.658 bits per heavy atom. The van der Waals surface area contributed by atoms with Crippen molar-refractivity contribution in [2.75, 3.05) is 0 Å². The van der Waals surface area contributed by atoms with Crippen LogP contribution in [0.3, 0.4) is 0 Å². The minimum absolute atomic E-state index is 0.142. The first kappa shape index (κ1) is 63.9. The smallest absolute Gasteiger partial charge is 0.164 e. The lowest BCUT2D eigenvalue weighted by Crippen LogP contribution is -2.32. The summed E-state index contributed by atoms with van der Waals surface area (Å²) in [4.78, 5) is 31.9. The number of hydrogen-bond donors (Lipinski definition) is 0. The van der Waals surface area contributed by atoms with Crippen molar-refractivity contribution < 1.29 is 9.47 Å². The molecule has 2 aliphatic heterocycles. The van der Waals surface area contributed by atoms with Crippen LogP contribution in [-0.4, -0.2) is 29.9 Å². The van der Waals surface area contributed by atoms with Crippen LogP contribution < -0.4 is 9.47 Å². The molecule has 0 saturated carbocycles. The van der Waals surface area contributed by atoms with Crippen LogP contribution in [0.25, 0.3) is 134 Å². The Kier molecular flexibility index (Phi) is 14.6. The molecular formula is C103H66N6O2. The van der Waals surface area contributed by atoms with Gasteiger partial charge in [-0.15, -0.1) is 0 Å². The van der Waals surface area contributed by atoms with Crippen LogP contribution in [-0.2, 0) is 10.8 Å². The molecule has 0 fully saturated rings. The average Bonchev–Trinajstić information content (AvgIpc) is 1.54. The highest BCUT2D eigenvalue weighted by Gasteiger charge is 2.53. The average molecular weight is 1420 g/mol. The number of hydrogen-bond acceptors (Lipinski definition) is 8. The molecule has 0 bridgehead atoms. The molecule has 2 spiro atoms. The lowest BCUT2D eigenvalue weighted by Gasteiger charge is -2.40. The van der Waals surface area contributed by atoms with Gasteiger partial charge < -0.3 is 9.47 Å². The molecule has 8 nitrogen and oxygen atoms in total. The summed E-state index contributed by atoms with van der Waals surface area (Å²) in [6.45, 7) is 2.32. The van der Waals surface area contributed by atoms with Gasteiger partial charge in [0.05, 0.1) is 10.8 Å². The van der Waals surface area contributed by atoms with Gasteiger partial charge in [0.2, 0.25) is 0 Å². The van der Waals surface area contributed by atoms with Gasteiger partial charge >= 0.3 is 0 Å². The Morgan fingerprint density at radius 3 is 1.31 bits per heavy atom. The van der Waals surface area contributed by atoms with Gasteiger partial charge in [-0.1, -0.05) is 322 Å². The molecule has 2 unspecified atom stereocenters. The highest BCUT2D eigenvalue weighted by molar-refractivity contribution is 6.00. The molecule has 111 heavy (non-hydrogen) atoms. The summed E-state index contributed by atoms with van der Waals surface area (Å²) in [6.07, 6.45) is 5.36. The Labute approximate surface area is 642 Å². The molecule has 0 N–H and O–H groups in total. The van der Waals surface area contributed by atoms with Crippen molar-refractivity contribution in [3.05, 3.63) is 420 Å². The number of rotatable bonds is 10. The van der Waals surface area contributed by atoms with Gasteiger partial charge in [0.1, 0.15) is 23.0 Å². The van der Waals surface area contributed by atoms with Gasteiger partial charge in [0.25, 0.3) is 0 Å². The summed E-state index contributed by atoms with van der Waals surface area (Å²) in [5, 5.41) is 2.27. The highest BCUT2D eigenvalue weighted by atomic mass is 16.5. The van der Waals surface area contributed by atoms with Crippen LogP contribution >= 0.6 is 0 Å². The van der Waals surface area contributed by atoms with E-state index < -0.39 is 10.8 Å². The molecule has 520 valence electrons. The number of allylic oxidation sites excluding steroid dienone is 4. The minimum atomic E-state index is -0.774. The highest BCUT2D eigenvalue weighted by Crippen LogP contribution is 2.65. The third kappa shape index (κ3) is 10.0. The molecule has 0 radical (unpaired) electrons. The largest absolute Gasteiger partial charge is 0.457 e. The lowest BCUT2D eigenvalue weighted by atomic mass is 9.65. The summed E-state index contributed by atoms with van der Waals surface area (Å²) in [7, 11) is 0. The fourth-order valence-electron chi connectivity index (χ4n) is 18.5. The molecule has 2 aromatic heterocycles. The van der Waals surface area contributed by atoms with E-state index in [2.05, 4.69) is 335 Å². The number of benzene rings is 15. The van der Waals surface area contributed by atoms with Crippen LogP contribution in [0.4, 0.5) is 0 Å². The Bertz CT molecular complexity index is 6740. The molecule has 4 heterocycles. The third-order valence-corrected chi connectivity index (χ3v) is 23.4. The number of nitrogens with zero attached hydrogens (tertiary/aromatic N) is 6. The van der Waals surface area contributed by atoms with Crippen LogP contribution in [0.5, 0.6) is 23.0 Å². The van der Waals surface area contributed by atoms with Gasteiger partial charge in [0.15, 0.2) is 34.9 Å². The molecule has 3 aliphatic carbocycles. The van der Waals surface area contributed by atoms with Gasteiger partial charge in [-0.05, 0) is 161 Å². The van der Waals surface area contributed by atoms with Crippen molar-refractivity contribution in [2.24, 2.45) is 5.92 Å². The normalized spacial score (nSPS) is 15.5. The second kappa shape index (κ2) is 25.4. The fourth-order valence-corrected chi connectivity index (χ4v) is 18.5. The first-order chi connectivity index (χ1) is 54.9. The predicted octanol–water partition coefficient (Wildman–Crippen LogP) is 25.0. The van der Waals surface area contributed by atoms with Gasteiger partial charge in [0, 0.05) is 55.6 Å². The second-order valence-corrected chi connectivity index (χ2v) is 29.5. The Hall–Kier alpha value is -14.3. The molecule has 0 amide bonds. The summed E-state index contributed by atoms with van der Waals surface area (Å²) in [5.41, 5.74) is 26.9. The third-order valence-electron chi connectivity index (χ3n) is 23.4. The summed E-state index contributed by atoms with van der Waals surface area (Å²) >= 11 is 0. The van der Waals surface area contributed by atoms with E-state index >= 15 is 0 Å². The van der Waals surface area contributed by atoms with E-state index in [4.69, 9.17) is 39.4 Å². The maximum Gasteiger partial charge on any atom is 0.164 e. The van der Waals surface area contributed by atoms with Crippen molar-refractivity contribution in [2.45, 2.75) is 24.2 Å². The van der Waals surface area contributed by atoms with E-state index in [1.807, 2.05) is 36.4 Å². The van der Waals surface area contributed by atoms with Crippen LogP contribution in [0, 0.1) is 5.92 Å². The zero-order valence-corrected chi connectivity index (χ0v) is 60.4. The van der Waals surface area contributed by atoms with E-state index in [0.29, 0.717) is 34.9 Å². The van der Waals surface area contributed by atoms with E-state index in [1.54, 1.807) is 0 Å². The van der Waals surface area contributed by atoms with E-state index in [-0.39, 0.29) is 5.92 Å². The Morgan fingerprint density at radius 1 is 0.252 bits per heavy atom. The van der Waals surface area contributed by atoms with Gasteiger partial charge in [-0.2, -0.15) is 0 Å². The van der Waals surface area contributed by atoms with E-state index in [9.17, 15) is 0 Å². The van der Waals surface area contributed by atoms with Gasteiger partial charge in [-0.25, -0.2) is 29.9 Å². The standard InChI is InChI=1S/C103H66N6O2/c1-63-25-22-40-81(94(63)73-56-58-93-89(62-73)102(85-44-18-20-47-90(85)110-93)82-41-15-12-35-77(82)78-36-13-16-42-83(78)102)101-107-96(66-27-4-2-5-28-66)104-98(108-101)68-52-49-65(50-53-68)70-32-23-33-71(59-70)76-39-24-46-87-95(76)80-38-14-17-43-84(80)103(87)86-45-19-21-48-91(86)111-92-57-55-72(61-88(92)103)75-34-10-11-37-79(75)100-106-97(67-29-6-3-7-30-67)105-99(109-100)74-54-51-64-26-8-9-31-69(64)60-74/h2-24,26-63H,25H2,1H3. The lowest BCUT2D eigenvalue weighted by molar-refractivity contribution is 0.436. The van der Waals surface area contributed by atoms with Crippen molar-refractivity contribution in [3.63, 3.8) is 0 Å². The molecule has 0 saturated heterocycles. The second-order valence-electron chi connectivity index (χ2n) is 29.5. The first-order valence-corrected chi connectivity index (χ1v) is 38.0. The van der Waals surface area contributed by atoms with E-state index in [1.165, 1.54) is 50.1 Å². The molecule has 2 atom stereocenters. The summed E-state index contributed by atoms with van der Waals surface area (Å²) in [5.74, 6) is 7.11. The number of para-hydroxylation sites is 2. The monoisotopic (exact) mass is 1420 g/mol. The predicted molar refractivity (Wildman–Crippen MR) is 445 cm³/mol. The number of fused-ring (bicyclic) bond motifs is 19. The minimum Gasteiger partial charge on any atom is -0.457 e. The molecule has 15 aromatic carbocycles. The summed E-state index contributed by atoms with van der Waals surface area (Å²) in [6, 6.07) is 126. The fraction of sp³-hybridized carbons (Fsp3) is 0.0485. The SMILES string of the molecule is CC1CC=CC(c2nc(-c3ccccc3)nc(-c3ccc(-c4cccc(-c5cccc6c5-c5ccccc5C65c6ccccc6Oc6ccc(-c7ccccc7-c7nc(-c8ccccc8)nc(-c8ccc9ccccc9c8)n7)cc65)c4)cc3)n2)=C1c1ccc2c(c1)C1(c3ccccc3O2)c2ccccc2-c2ccccc21. The van der Waals surface area contributed by atoms with Gasteiger partial charge in [-0.3, -0.25) is 0 Å². The molecule has 22 rings (SSSR count). The van der Waals surface area contributed by atoms with Crippen LogP contribution in [0.1, 0.15) is 69.2 Å². The van der Waals surface area contributed by atoms with E-state index in [0.717, 1.165) is 135 Å². The first-order valence-electron chi connectivity index (χ1n) is 38.0.